The van der Waals surface area contributed by atoms with Gasteiger partial charge in [-0.25, -0.2) is 0 Å². The lowest BCUT2D eigenvalue weighted by Gasteiger charge is -2.31. The summed E-state index contributed by atoms with van der Waals surface area (Å²) in [7, 11) is 3.48. The second-order valence-electron chi connectivity index (χ2n) is 7.99. The van der Waals surface area contributed by atoms with Crippen molar-refractivity contribution >= 4 is 35.9 Å². The highest BCUT2D eigenvalue weighted by molar-refractivity contribution is 14.0. The lowest BCUT2D eigenvalue weighted by Crippen LogP contribution is -2.48. The van der Waals surface area contributed by atoms with Crippen molar-refractivity contribution in [3.8, 4) is 5.75 Å². The molecular weight excluding hydrogens is 481 g/mol. The third kappa shape index (κ3) is 7.68. The van der Waals surface area contributed by atoms with Crippen LogP contribution in [0.5, 0.6) is 5.75 Å². The highest BCUT2D eigenvalue weighted by Gasteiger charge is 2.28. The lowest BCUT2D eigenvalue weighted by atomic mass is 9.84. The van der Waals surface area contributed by atoms with E-state index in [1.165, 1.54) is 5.56 Å². The molecule has 2 rings (SSSR count). The number of aliphatic imine (C=N–C) groups is 1. The fraction of sp³-hybridized carbons (Fsp3) is 0.636. The van der Waals surface area contributed by atoms with E-state index in [1.54, 1.807) is 14.2 Å². The molecule has 0 radical (unpaired) electrons. The first-order valence-electron chi connectivity index (χ1n) is 10.2. The van der Waals surface area contributed by atoms with E-state index < -0.39 is 0 Å². The smallest absolute Gasteiger partial charge is 0.308 e. The number of carbonyl (C=O) groups excluding carboxylic acids is 1. The Hall–Kier alpha value is -1.51. The summed E-state index contributed by atoms with van der Waals surface area (Å²) < 4.78 is 10.5. The Morgan fingerprint density at radius 1 is 1.24 bits per heavy atom. The molecule has 0 heterocycles. The molecule has 0 atom stereocenters. The summed E-state index contributed by atoms with van der Waals surface area (Å²) >= 11 is 0. The number of nitrogens with zero attached hydrogens (tertiary/aromatic N) is 1. The maximum Gasteiger partial charge on any atom is 0.308 e. The molecule has 164 valence electrons. The van der Waals surface area contributed by atoms with Crippen molar-refractivity contribution in [2.45, 2.75) is 57.9 Å². The van der Waals surface area contributed by atoms with E-state index >= 15 is 0 Å². The molecule has 6 nitrogen and oxygen atoms in total. The van der Waals surface area contributed by atoms with Gasteiger partial charge in [0.25, 0.3) is 0 Å². The number of hydrogen-bond acceptors (Lipinski definition) is 4. The minimum atomic E-state index is -0.0757. The molecule has 1 aliphatic rings. The second-order valence-corrected chi connectivity index (χ2v) is 7.99. The van der Waals surface area contributed by atoms with Crippen LogP contribution in [0.2, 0.25) is 0 Å². The number of rotatable bonds is 7. The molecule has 7 heteroatoms. The van der Waals surface area contributed by atoms with E-state index in [0.29, 0.717) is 12.6 Å². The average molecular weight is 517 g/mol. The minimum absolute atomic E-state index is 0. The third-order valence-corrected chi connectivity index (χ3v) is 5.46. The van der Waals surface area contributed by atoms with E-state index in [-0.39, 0.29) is 41.3 Å². The molecule has 0 spiro atoms. The molecule has 0 aliphatic heterocycles. The van der Waals surface area contributed by atoms with Crippen LogP contribution < -0.4 is 15.4 Å². The average Bonchev–Trinajstić information content (AvgIpc) is 2.71. The molecular formula is C22H36IN3O3. The third-order valence-electron chi connectivity index (χ3n) is 5.46. The zero-order valence-electron chi connectivity index (χ0n) is 18.3. The number of halogens is 1. The van der Waals surface area contributed by atoms with Crippen LogP contribution in [0.3, 0.4) is 0 Å². The summed E-state index contributed by atoms with van der Waals surface area (Å²) in [5.41, 5.74) is 1.14. The van der Waals surface area contributed by atoms with Gasteiger partial charge in [0.1, 0.15) is 5.75 Å². The standard InChI is InChI=1S/C22H35N3O3.HI/c1-6-28-20(26)16-10-12-18(13-11-16)25-21(23-4)24-15-22(2,3)17-8-7-9-19(14-17)27-5;/h7-9,14,16,18H,6,10-13,15H2,1-5H3,(H2,23,24,25);1H. The fourth-order valence-corrected chi connectivity index (χ4v) is 3.57. The zero-order chi connectivity index (χ0) is 20.6. The molecule has 0 amide bonds. The molecule has 1 fully saturated rings. The molecule has 0 saturated heterocycles. The summed E-state index contributed by atoms with van der Waals surface area (Å²) in [5, 5.41) is 6.96. The quantitative estimate of drug-likeness (QED) is 0.249. The van der Waals surface area contributed by atoms with Gasteiger partial charge in [-0.05, 0) is 50.3 Å². The van der Waals surface area contributed by atoms with Gasteiger partial charge in [0, 0.05) is 25.0 Å². The predicted molar refractivity (Wildman–Crippen MR) is 128 cm³/mol. The molecule has 1 saturated carbocycles. The predicted octanol–water partition coefficient (Wildman–Crippen LogP) is 3.88. The Morgan fingerprint density at radius 3 is 2.52 bits per heavy atom. The van der Waals surface area contributed by atoms with Crippen LogP contribution in [0.4, 0.5) is 0 Å². The number of esters is 1. The van der Waals surface area contributed by atoms with Crippen molar-refractivity contribution in [3.63, 3.8) is 0 Å². The number of methoxy groups -OCH3 is 1. The van der Waals surface area contributed by atoms with Gasteiger partial charge in [0.15, 0.2) is 5.96 Å². The molecule has 2 N–H and O–H groups in total. The molecule has 0 unspecified atom stereocenters. The topological polar surface area (TPSA) is 72.0 Å². The summed E-state index contributed by atoms with van der Waals surface area (Å²) in [5.74, 6) is 1.66. The van der Waals surface area contributed by atoms with Gasteiger partial charge in [0.2, 0.25) is 0 Å². The summed E-state index contributed by atoms with van der Waals surface area (Å²) in [6.45, 7) is 7.46. The van der Waals surface area contributed by atoms with Crippen molar-refractivity contribution in [2.75, 3.05) is 27.3 Å². The summed E-state index contributed by atoms with van der Waals surface area (Å²) in [6.07, 6.45) is 3.62. The summed E-state index contributed by atoms with van der Waals surface area (Å²) in [6, 6.07) is 8.51. The highest BCUT2D eigenvalue weighted by Crippen LogP contribution is 2.27. The monoisotopic (exact) mass is 517 g/mol. The SMILES string of the molecule is CCOC(=O)C1CCC(NC(=NC)NCC(C)(C)c2cccc(OC)c2)CC1.I. The van der Waals surface area contributed by atoms with Gasteiger partial charge >= 0.3 is 5.97 Å². The molecule has 1 aromatic rings. The van der Waals surface area contributed by atoms with Crippen molar-refractivity contribution in [1.29, 1.82) is 0 Å². The normalized spacial score (nSPS) is 19.7. The van der Waals surface area contributed by atoms with Crippen LogP contribution in [0.1, 0.15) is 52.0 Å². The van der Waals surface area contributed by atoms with Crippen LogP contribution in [0.15, 0.2) is 29.3 Å². The number of benzene rings is 1. The van der Waals surface area contributed by atoms with Gasteiger partial charge in [-0.2, -0.15) is 0 Å². The first-order valence-corrected chi connectivity index (χ1v) is 10.2. The number of carbonyl (C=O) groups is 1. The van der Waals surface area contributed by atoms with E-state index in [4.69, 9.17) is 9.47 Å². The Labute approximate surface area is 192 Å². The largest absolute Gasteiger partial charge is 0.497 e. The van der Waals surface area contributed by atoms with E-state index in [1.807, 2.05) is 19.1 Å². The van der Waals surface area contributed by atoms with Gasteiger partial charge < -0.3 is 20.1 Å². The first-order chi connectivity index (χ1) is 13.4. The van der Waals surface area contributed by atoms with Crippen molar-refractivity contribution in [2.24, 2.45) is 10.9 Å². The molecule has 0 aromatic heterocycles. The van der Waals surface area contributed by atoms with E-state index in [2.05, 4.69) is 41.6 Å². The molecule has 1 aliphatic carbocycles. The van der Waals surface area contributed by atoms with Crippen molar-refractivity contribution < 1.29 is 14.3 Å². The van der Waals surface area contributed by atoms with Crippen LogP contribution in [-0.4, -0.2) is 45.3 Å². The first kappa shape index (κ1) is 25.5. The van der Waals surface area contributed by atoms with Crippen molar-refractivity contribution in [1.82, 2.24) is 10.6 Å². The van der Waals surface area contributed by atoms with Gasteiger partial charge in [-0.3, -0.25) is 9.79 Å². The Morgan fingerprint density at radius 2 is 1.93 bits per heavy atom. The molecule has 29 heavy (non-hydrogen) atoms. The Kier molecular flexibility index (Phi) is 10.8. The van der Waals surface area contributed by atoms with E-state index in [0.717, 1.165) is 43.9 Å². The van der Waals surface area contributed by atoms with E-state index in [9.17, 15) is 4.79 Å². The number of guanidine groups is 1. The Balaban J connectivity index is 0.00000420. The molecule has 0 bridgehead atoms. The van der Waals surface area contributed by atoms with Crippen LogP contribution in [0.25, 0.3) is 0 Å². The van der Waals surface area contributed by atoms with Gasteiger partial charge in [-0.15, -0.1) is 24.0 Å². The zero-order valence-corrected chi connectivity index (χ0v) is 20.6. The fourth-order valence-electron chi connectivity index (χ4n) is 3.57. The number of nitrogens with one attached hydrogen (secondary N) is 2. The van der Waals surface area contributed by atoms with Crippen molar-refractivity contribution in [3.05, 3.63) is 29.8 Å². The van der Waals surface area contributed by atoms with Crippen LogP contribution >= 0.6 is 24.0 Å². The minimum Gasteiger partial charge on any atom is -0.497 e. The maximum absolute atomic E-state index is 11.9. The van der Waals surface area contributed by atoms with Gasteiger partial charge in [0.05, 0.1) is 19.6 Å². The number of ether oxygens (including phenoxy) is 2. The number of hydrogen-bond donors (Lipinski definition) is 2. The highest BCUT2D eigenvalue weighted by atomic mass is 127. The lowest BCUT2D eigenvalue weighted by molar-refractivity contribution is -0.149. The van der Waals surface area contributed by atoms with Crippen LogP contribution in [0, 0.1) is 5.92 Å². The molecule has 1 aromatic carbocycles. The maximum atomic E-state index is 11.9. The Bertz CT molecular complexity index is 671. The van der Waals surface area contributed by atoms with Crippen LogP contribution in [-0.2, 0) is 14.9 Å². The summed E-state index contributed by atoms with van der Waals surface area (Å²) in [4.78, 5) is 16.3. The van der Waals surface area contributed by atoms with Gasteiger partial charge in [-0.1, -0.05) is 26.0 Å². The second kappa shape index (κ2) is 12.2.